The molecule has 1 aliphatic rings. The van der Waals surface area contributed by atoms with Crippen LogP contribution in [-0.4, -0.2) is 49.3 Å². The molecule has 1 aromatic heterocycles. The van der Waals surface area contributed by atoms with E-state index in [-0.39, 0.29) is 0 Å². The average Bonchev–Trinajstić information content (AvgIpc) is 2.76. The summed E-state index contributed by atoms with van der Waals surface area (Å²) >= 11 is 4.07. The lowest BCUT2D eigenvalue weighted by Gasteiger charge is -2.26. The predicted molar refractivity (Wildman–Crippen MR) is 78.4 cm³/mol. The first-order valence-corrected chi connectivity index (χ1v) is 7.85. The molecule has 0 atom stereocenters. The Hall–Kier alpha value is 0.240. The maximum absolute atomic E-state index is 5.32. The van der Waals surface area contributed by atoms with Crippen LogP contribution in [-0.2, 0) is 11.3 Å². The summed E-state index contributed by atoms with van der Waals surface area (Å²) in [5.41, 5.74) is 0. The molecule has 6 heteroatoms. The zero-order valence-electron chi connectivity index (χ0n) is 9.82. The van der Waals surface area contributed by atoms with E-state index in [4.69, 9.17) is 4.74 Å². The fourth-order valence-corrected chi connectivity index (χ4v) is 3.33. The summed E-state index contributed by atoms with van der Waals surface area (Å²) in [5.74, 6) is 0. The minimum Gasteiger partial charge on any atom is -0.379 e. The van der Waals surface area contributed by atoms with Gasteiger partial charge in [0.2, 0.25) is 0 Å². The van der Waals surface area contributed by atoms with Crippen LogP contribution in [0.1, 0.15) is 11.4 Å². The third-order valence-corrected chi connectivity index (χ3v) is 4.46. The molecule has 2 heterocycles. The van der Waals surface area contributed by atoms with E-state index in [0.717, 1.165) is 39.4 Å². The van der Waals surface area contributed by atoms with Crippen LogP contribution in [0.15, 0.2) is 6.20 Å². The third kappa shape index (κ3) is 5.17. The molecule has 96 valence electrons. The minimum absolute atomic E-state index is 0.894. The van der Waals surface area contributed by atoms with E-state index >= 15 is 0 Å². The largest absolute Gasteiger partial charge is 0.379 e. The second-order valence-corrected chi connectivity index (χ2v) is 7.05. The van der Waals surface area contributed by atoms with Gasteiger partial charge in [-0.05, 0) is 42.1 Å². The number of nitrogens with one attached hydrogen (secondary N) is 1. The molecule has 0 aromatic carbocycles. The summed E-state index contributed by atoms with van der Waals surface area (Å²) in [6.45, 7) is 7.10. The number of hydrogen-bond donors (Lipinski definition) is 1. The van der Waals surface area contributed by atoms with Crippen LogP contribution in [0.3, 0.4) is 0 Å². The maximum atomic E-state index is 5.32. The smallest absolute Gasteiger partial charge is 0.107 e. The van der Waals surface area contributed by atoms with Gasteiger partial charge >= 0.3 is 0 Å². The molecule has 2 rings (SSSR count). The fraction of sp³-hybridized carbons (Fsp3) is 0.727. The van der Waals surface area contributed by atoms with Crippen molar-refractivity contribution in [2.24, 2.45) is 0 Å². The van der Waals surface area contributed by atoms with Crippen LogP contribution in [0.25, 0.3) is 0 Å². The zero-order valence-corrected chi connectivity index (χ0v) is 12.8. The lowest BCUT2D eigenvalue weighted by Crippen LogP contribution is -2.37. The van der Waals surface area contributed by atoms with Gasteiger partial charge in [0.15, 0.2) is 0 Å². The van der Waals surface area contributed by atoms with Gasteiger partial charge in [-0.25, -0.2) is 4.98 Å². The number of halogens is 1. The SMILES string of the molecule is Ic1cnc(CNCCCN2CCOCC2)s1. The summed E-state index contributed by atoms with van der Waals surface area (Å²) in [6.07, 6.45) is 3.12. The number of aromatic nitrogens is 1. The summed E-state index contributed by atoms with van der Waals surface area (Å²) in [5, 5.41) is 4.62. The lowest BCUT2D eigenvalue weighted by molar-refractivity contribution is 0.0374. The molecular weight excluding hydrogens is 349 g/mol. The first kappa shape index (κ1) is 13.7. The second kappa shape index (κ2) is 7.63. The van der Waals surface area contributed by atoms with E-state index in [1.807, 2.05) is 6.20 Å². The number of ether oxygens (including phenoxy) is 1. The van der Waals surface area contributed by atoms with Gasteiger partial charge in [0.25, 0.3) is 0 Å². The molecule has 0 bridgehead atoms. The predicted octanol–water partition coefficient (Wildman–Crippen LogP) is 1.56. The topological polar surface area (TPSA) is 37.4 Å². The lowest BCUT2D eigenvalue weighted by atomic mass is 10.3. The number of nitrogens with zero attached hydrogens (tertiary/aromatic N) is 2. The van der Waals surface area contributed by atoms with Crippen molar-refractivity contribution < 1.29 is 4.74 Å². The van der Waals surface area contributed by atoms with Crippen molar-refractivity contribution in [2.45, 2.75) is 13.0 Å². The van der Waals surface area contributed by atoms with Crippen molar-refractivity contribution >= 4 is 33.9 Å². The van der Waals surface area contributed by atoms with Crippen molar-refractivity contribution in [2.75, 3.05) is 39.4 Å². The zero-order chi connectivity index (χ0) is 11.9. The first-order chi connectivity index (χ1) is 8.34. The molecule has 0 unspecified atom stereocenters. The van der Waals surface area contributed by atoms with E-state index in [2.05, 4.69) is 37.8 Å². The highest BCUT2D eigenvalue weighted by Gasteiger charge is 2.08. The van der Waals surface area contributed by atoms with Crippen molar-refractivity contribution in [1.29, 1.82) is 0 Å². The third-order valence-electron chi connectivity index (χ3n) is 2.73. The van der Waals surface area contributed by atoms with Crippen LogP contribution >= 0.6 is 33.9 Å². The van der Waals surface area contributed by atoms with Crippen LogP contribution < -0.4 is 5.32 Å². The van der Waals surface area contributed by atoms with E-state index in [1.165, 1.54) is 20.9 Å². The molecule has 0 saturated carbocycles. The Balaban J connectivity index is 1.51. The Bertz CT molecular complexity index is 328. The highest BCUT2D eigenvalue weighted by Crippen LogP contribution is 2.14. The quantitative estimate of drug-likeness (QED) is 0.612. The molecule has 0 amide bonds. The van der Waals surface area contributed by atoms with Gasteiger partial charge in [0, 0.05) is 19.6 Å². The van der Waals surface area contributed by atoms with E-state index < -0.39 is 0 Å². The van der Waals surface area contributed by atoms with Gasteiger partial charge < -0.3 is 10.1 Å². The maximum Gasteiger partial charge on any atom is 0.107 e. The number of thiazole rings is 1. The summed E-state index contributed by atoms with van der Waals surface area (Å²) < 4.78 is 6.58. The Kier molecular flexibility index (Phi) is 6.13. The highest BCUT2D eigenvalue weighted by atomic mass is 127. The Morgan fingerprint density at radius 1 is 1.47 bits per heavy atom. The molecule has 1 aliphatic heterocycles. The molecule has 0 radical (unpaired) electrons. The summed E-state index contributed by atoms with van der Waals surface area (Å²) in [6, 6.07) is 0. The Morgan fingerprint density at radius 2 is 2.29 bits per heavy atom. The van der Waals surface area contributed by atoms with Gasteiger partial charge in [-0.15, -0.1) is 11.3 Å². The van der Waals surface area contributed by atoms with Crippen molar-refractivity contribution in [3.8, 4) is 0 Å². The second-order valence-electron chi connectivity index (χ2n) is 4.04. The van der Waals surface area contributed by atoms with E-state index in [9.17, 15) is 0 Å². The highest BCUT2D eigenvalue weighted by molar-refractivity contribution is 14.1. The normalized spacial score (nSPS) is 17.5. The van der Waals surface area contributed by atoms with E-state index in [0.29, 0.717) is 0 Å². The molecule has 1 N–H and O–H groups in total. The standard InChI is InChI=1S/C11H18IN3OS/c12-10-8-14-11(17-10)9-13-2-1-3-15-4-6-16-7-5-15/h8,13H,1-7,9H2. The first-order valence-electron chi connectivity index (χ1n) is 5.95. The van der Waals surface area contributed by atoms with Crippen LogP contribution in [0.2, 0.25) is 0 Å². The fourth-order valence-electron chi connectivity index (χ4n) is 1.82. The van der Waals surface area contributed by atoms with E-state index in [1.54, 1.807) is 11.3 Å². The minimum atomic E-state index is 0.894. The Morgan fingerprint density at radius 3 is 3.00 bits per heavy atom. The van der Waals surface area contributed by atoms with Gasteiger partial charge in [0.1, 0.15) is 5.01 Å². The van der Waals surface area contributed by atoms with Crippen LogP contribution in [0, 0.1) is 2.88 Å². The molecule has 4 nitrogen and oxygen atoms in total. The molecular formula is C11H18IN3OS. The van der Waals surface area contributed by atoms with Gasteiger partial charge in [-0.3, -0.25) is 4.90 Å². The average molecular weight is 367 g/mol. The molecule has 0 spiro atoms. The molecule has 1 fully saturated rings. The van der Waals surface area contributed by atoms with Crippen LogP contribution in [0.5, 0.6) is 0 Å². The van der Waals surface area contributed by atoms with Crippen molar-refractivity contribution in [3.63, 3.8) is 0 Å². The van der Waals surface area contributed by atoms with Gasteiger partial charge in [-0.2, -0.15) is 0 Å². The number of morpholine rings is 1. The monoisotopic (exact) mass is 367 g/mol. The molecule has 0 aliphatic carbocycles. The molecule has 17 heavy (non-hydrogen) atoms. The summed E-state index contributed by atoms with van der Waals surface area (Å²) in [4.78, 5) is 6.79. The Labute approximate surface area is 120 Å². The van der Waals surface area contributed by atoms with Crippen molar-refractivity contribution in [1.82, 2.24) is 15.2 Å². The van der Waals surface area contributed by atoms with Gasteiger partial charge in [0.05, 0.1) is 22.3 Å². The number of hydrogen-bond acceptors (Lipinski definition) is 5. The molecule has 1 aromatic rings. The van der Waals surface area contributed by atoms with Crippen molar-refractivity contribution in [3.05, 3.63) is 14.1 Å². The molecule has 1 saturated heterocycles. The number of rotatable bonds is 6. The van der Waals surface area contributed by atoms with Gasteiger partial charge in [-0.1, -0.05) is 0 Å². The van der Waals surface area contributed by atoms with Crippen LogP contribution in [0.4, 0.5) is 0 Å². The summed E-state index contributed by atoms with van der Waals surface area (Å²) in [7, 11) is 0.